The van der Waals surface area contributed by atoms with Crippen LogP contribution < -0.4 is 15.4 Å². The molecule has 0 aromatic heterocycles. The van der Waals surface area contributed by atoms with Crippen LogP contribution in [-0.4, -0.2) is 43.3 Å². The van der Waals surface area contributed by atoms with Crippen LogP contribution in [0.1, 0.15) is 33.8 Å². The van der Waals surface area contributed by atoms with Gasteiger partial charge in [0.05, 0.1) is 24.8 Å². The van der Waals surface area contributed by atoms with Crippen molar-refractivity contribution in [3.63, 3.8) is 0 Å². The molecular formula is C26H24N2O6. The van der Waals surface area contributed by atoms with Crippen LogP contribution >= 0.6 is 0 Å². The number of ether oxygens (including phenoxy) is 2. The second kappa shape index (κ2) is 10.1. The Balaban J connectivity index is 1.47. The SMILES string of the molecule is COc1ccc(C(=O)NCCC(=O)O)c(NC(=O)OCC2c3ccccc3-c3ccccc32)c1. The van der Waals surface area contributed by atoms with Gasteiger partial charge in [-0.2, -0.15) is 0 Å². The number of benzene rings is 3. The number of carbonyl (C=O) groups excluding carboxylic acids is 2. The van der Waals surface area contributed by atoms with Crippen LogP contribution in [0.4, 0.5) is 10.5 Å². The van der Waals surface area contributed by atoms with Crippen LogP contribution in [0.25, 0.3) is 11.1 Å². The minimum absolute atomic E-state index is 0.0371. The molecule has 8 heteroatoms. The van der Waals surface area contributed by atoms with E-state index in [-0.39, 0.29) is 36.7 Å². The van der Waals surface area contributed by atoms with E-state index in [0.717, 1.165) is 22.3 Å². The largest absolute Gasteiger partial charge is 0.497 e. The molecule has 4 rings (SSSR count). The highest BCUT2D eigenvalue weighted by Gasteiger charge is 2.29. The van der Waals surface area contributed by atoms with E-state index in [2.05, 4.69) is 22.8 Å². The van der Waals surface area contributed by atoms with E-state index in [4.69, 9.17) is 14.6 Å². The van der Waals surface area contributed by atoms with Gasteiger partial charge >= 0.3 is 12.1 Å². The fourth-order valence-corrected chi connectivity index (χ4v) is 4.07. The molecule has 174 valence electrons. The third kappa shape index (κ3) is 4.85. The topological polar surface area (TPSA) is 114 Å². The van der Waals surface area contributed by atoms with Crippen molar-refractivity contribution in [2.75, 3.05) is 25.6 Å². The maximum absolute atomic E-state index is 12.7. The molecule has 3 aromatic rings. The maximum Gasteiger partial charge on any atom is 0.411 e. The maximum atomic E-state index is 12.7. The van der Waals surface area contributed by atoms with Crippen LogP contribution in [0.2, 0.25) is 0 Å². The third-order valence-corrected chi connectivity index (χ3v) is 5.68. The van der Waals surface area contributed by atoms with Crippen LogP contribution in [0, 0.1) is 0 Å². The lowest BCUT2D eigenvalue weighted by molar-refractivity contribution is -0.136. The fraction of sp³-hybridized carbons (Fsp3) is 0.192. The number of hydrogen-bond donors (Lipinski definition) is 3. The molecule has 0 saturated heterocycles. The van der Waals surface area contributed by atoms with E-state index in [1.54, 1.807) is 6.07 Å². The van der Waals surface area contributed by atoms with Crippen LogP contribution in [-0.2, 0) is 9.53 Å². The van der Waals surface area contributed by atoms with E-state index >= 15 is 0 Å². The van der Waals surface area contributed by atoms with Crippen molar-refractivity contribution >= 4 is 23.7 Å². The first-order chi connectivity index (χ1) is 16.5. The summed E-state index contributed by atoms with van der Waals surface area (Å²) in [6.07, 6.45) is -0.925. The zero-order chi connectivity index (χ0) is 24.1. The van der Waals surface area contributed by atoms with Gasteiger partial charge in [-0.1, -0.05) is 48.5 Å². The number of anilines is 1. The zero-order valence-electron chi connectivity index (χ0n) is 18.5. The average molecular weight is 460 g/mol. The van der Waals surface area contributed by atoms with Gasteiger partial charge in [-0.25, -0.2) is 4.79 Å². The van der Waals surface area contributed by atoms with Crippen molar-refractivity contribution in [3.05, 3.63) is 83.4 Å². The molecule has 0 heterocycles. The molecule has 0 atom stereocenters. The summed E-state index contributed by atoms with van der Waals surface area (Å²) in [6, 6.07) is 20.6. The van der Waals surface area contributed by atoms with E-state index in [9.17, 15) is 14.4 Å². The van der Waals surface area contributed by atoms with E-state index < -0.39 is 18.0 Å². The Labute approximate surface area is 196 Å². The lowest BCUT2D eigenvalue weighted by atomic mass is 9.98. The summed E-state index contributed by atoms with van der Waals surface area (Å²) >= 11 is 0. The summed E-state index contributed by atoms with van der Waals surface area (Å²) in [5.74, 6) is -1.19. The van der Waals surface area contributed by atoms with Crippen molar-refractivity contribution in [2.45, 2.75) is 12.3 Å². The predicted octanol–water partition coefficient (Wildman–Crippen LogP) is 4.26. The number of carboxylic acids is 1. The number of nitrogens with one attached hydrogen (secondary N) is 2. The van der Waals surface area contributed by atoms with Crippen molar-refractivity contribution in [2.24, 2.45) is 0 Å². The van der Waals surface area contributed by atoms with Crippen molar-refractivity contribution in [3.8, 4) is 16.9 Å². The minimum Gasteiger partial charge on any atom is -0.497 e. The third-order valence-electron chi connectivity index (χ3n) is 5.68. The van der Waals surface area contributed by atoms with Crippen LogP contribution in [0.5, 0.6) is 5.75 Å². The Morgan fingerprint density at radius 3 is 2.21 bits per heavy atom. The first kappa shape index (κ1) is 22.8. The summed E-state index contributed by atoms with van der Waals surface area (Å²) in [7, 11) is 1.47. The molecular weight excluding hydrogens is 436 g/mol. The summed E-state index contributed by atoms with van der Waals surface area (Å²) in [4.78, 5) is 35.9. The first-order valence-corrected chi connectivity index (χ1v) is 10.8. The number of fused-ring (bicyclic) bond motifs is 3. The Bertz CT molecular complexity index is 1190. The molecule has 0 spiro atoms. The molecule has 0 aliphatic heterocycles. The highest BCUT2D eigenvalue weighted by atomic mass is 16.5. The second-order valence-electron chi connectivity index (χ2n) is 7.76. The highest BCUT2D eigenvalue weighted by molar-refractivity contribution is 6.03. The first-order valence-electron chi connectivity index (χ1n) is 10.8. The van der Waals surface area contributed by atoms with Gasteiger partial charge in [0.25, 0.3) is 5.91 Å². The Morgan fingerprint density at radius 1 is 0.941 bits per heavy atom. The number of hydrogen-bond acceptors (Lipinski definition) is 5. The van der Waals surface area contributed by atoms with Crippen molar-refractivity contribution < 1.29 is 29.0 Å². The lowest BCUT2D eigenvalue weighted by Gasteiger charge is -2.16. The van der Waals surface area contributed by atoms with Crippen molar-refractivity contribution in [1.82, 2.24) is 5.32 Å². The Kier molecular flexibility index (Phi) is 6.77. The molecule has 1 aliphatic carbocycles. The van der Waals surface area contributed by atoms with Gasteiger partial charge < -0.3 is 19.9 Å². The number of amides is 2. The molecule has 0 radical (unpaired) electrons. The molecule has 0 bridgehead atoms. The Morgan fingerprint density at radius 2 is 1.59 bits per heavy atom. The summed E-state index contributed by atoms with van der Waals surface area (Å²) < 4.78 is 10.8. The van der Waals surface area contributed by atoms with Gasteiger partial charge in [-0.05, 0) is 34.4 Å². The zero-order valence-corrected chi connectivity index (χ0v) is 18.5. The van der Waals surface area contributed by atoms with E-state index in [0.29, 0.717) is 5.75 Å². The average Bonchev–Trinajstić information content (AvgIpc) is 3.16. The smallest absolute Gasteiger partial charge is 0.411 e. The predicted molar refractivity (Wildman–Crippen MR) is 126 cm³/mol. The van der Waals surface area contributed by atoms with Crippen molar-refractivity contribution in [1.29, 1.82) is 0 Å². The molecule has 0 saturated carbocycles. The van der Waals surface area contributed by atoms with Gasteiger partial charge in [0, 0.05) is 18.5 Å². The standard InChI is InChI=1S/C26H24N2O6/c1-33-16-10-11-21(25(31)27-13-12-24(29)30)23(14-16)28-26(32)34-15-22-19-8-4-2-6-17(19)18-7-3-5-9-20(18)22/h2-11,14,22H,12-13,15H2,1H3,(H,27,31)(H,28,32)(H,29,30). The van der Waals surface area contributed by atoms with E-state index in [1.807, 2.05) is 36.4 Å². The van der Waals surface area contributed by atoms with Gasteiger partial charge in [0.15, 0.2) is 0 Å². The number of rotatable bonds is 8. The molecule has 0 fully saturated rings. The molecule has 3 N–H and O–H groups in total. The molecule has 1 aliphatic rings. The second-order valence-corrected chi connectivity index (χ2v) is 7.76. The highest BCUT2D eigenvalue weighted by Crippen LogP contribution is 2.44. The summed E-state index contributed by atoms with van der Waals surface area (Å²) in [6.45, 7) is 0.0918. The van der Waals surface area contributed by atoms with Gasteiger partial charge in [-0.15, -0.1) is 0 Å². The number of carbonyl (C=O) groups is 3. The van der Waals surface area contributed by atoms with Crippen LogP contribution in [0.15, 0.2) is 66.7 Å². The molecule has 8 nitrogen and oxygen atoms in total. The van der Waals surface area contributed by atoms with Gasteiger partial charge in [-0.3, -0.25) is 14.9 Å². The normalized spacial score (nSPS) is 11.8. The lowest BCUT2D eigenvalue weighted by Crippen LogP contribution is -2.27. The van der Waals surface area contributed by atoms with Gasteiger partial charge in [0.2, 0.25) is 0 Å². The quantitative estimate of drug-likeness (QED) is 0.463. The summed E-state index contributed by atoms with van der Waals surface area (Å²) in [5, 5.41) is 13.9. The summed E-state index contributed by atoms with van der Waals surface area (Å²) in [5.41, 5.74) is 4.80. The Hall–Kier alpha value is -4.33. The monoisotopic (exact) mass is 460 g/mol. The number of aliphatic carboxylic acids is 1. The van der Waals surface area contributed by atoms with E-state index in [1.165, 1.54) is 19.2 Å². The molecule has 34 heavy (non-hydrogen) atoms. The van der Waals surface area contributed by atoms with Gasteiger partial charge in [0.1, 0.15) is 12.4 Å². The number of methoxy groups -OCH3 is 1. The minimum atomic E-state index is -1.02. The molecule has 0 unspecified atom stereocenters. The number of carboxylic acid groups (broad SMARTS) is 1. The molecule has 2 amide bonds. The molecule has 3 aromatic carbocycles. The van der Waals surface area contributed by atoms with Crippen LogP contribution in [0.3, 0.4) is 0 Å². The fourth-order valence-electron chi connectivity index (χ4n) is 4.07.